The van der Waals surface area contributed by atoms with Crippen molar-refractivity contribution in [2.75, 3.05) is 20.2 Å². The van der Waals surface area contributed by atoms with Gasteiger partial charge in [-0.1, -0.05) is 60.2 Å². The summed E-state index contributed by atoms with van der Waals surface area (Å²) in [5.74, 6) is 1.54. The number of benzene rings is 3. The highest BCUT2D eigenvalue weighted by Gasteiger charge is 2.48. The Balaban J connectivity index is 1.39. The second-order valence-corrected chi connectivity index (χ2v) is 10.1. The fourth-order valence-corrected chi connectivity index (χ4v) is 6.34. The minimum absolute atomic E-state index is 0.145. The summed E-state index contributed by atoms with van der Waals surface area (Å²) in [6, 6.07) is 26.7. The number of aromatic nitrogens is 1. The zero-order chi connectivity index (χ0) is 22.4. The molecule has 3 aromatic carbocycles. The first-order valence-corrected chi connectivity index (χ1v) is 12.2. The third-order valence-electron chi connectivity index (χ3n) is 8.15. The number of hydrogen-bond donors (Lipinski definition) is 1. The van der Waals surface area contributed by atoms with Gasteiger partial charge in [0, 0.05) is 35.1 Å². The summed E-state index contributed by atoms with van der Waals surface area (Å²) in [6.07, 6.45) is 3.37. The van der Waals surface area contributed by atoms with Gasteiger partial charge in [0.25, 0.3) is 0 Å². The molecule has 2 aliphatic rings. The number of aromatic amines is 1. The van der Waals surface area contributed by atoms with Crippen LogP contribution in [0.3, 0.4) is 0 Å². The first-order valence-electron chi connectivity index (χ1n) is 12.2. The van der Waals surface area contributed by atoms with Gasteiger partial charge in [-0.05, 0) is 73.5 Å². The van der Waals surface area contributed by atoms with Crippen LogP contribution in [0, 0.1) is 12.8 Å². The Morgan fingerprint density at radius 1 is 1.03 bits per heavy atom. The minimum Gasteiger partial charge on any atom is -0.497 e. The summed E-state index contributed by atoms with van der Waals surface area (Å²) in [5.41, 5.74) is 8.57. The van der Waals surface area contributed by atoms with E-state index in [0.29, 0.717) is 5.92 Å². The molecule has 2 heterocycles. The molecule has 0 bridgehead atoms. The van der Waals surface area contributed by atoms with E-state index in [2.05, 4.69) is 89.6 Å². The molecule has 1 aliphatic heterocycles. The van der Waals surface area contributed by atoms with E-state index in [0.717, 1.165) is 38.2 Å². The van der Waals surface area contributed by atoms with Crippen LogP contribution < -0.4 is 4.74 Å². The van der Waals surface area contributed by atoms with Gasteiger partial charge in [0.2, 0.25) is 0 Å². The number of H-pyrrole nitrogens is 1. The van der Waals surface area contributed by atoms with Crippen molar-refractivity contribution in [3.63, 3.8) is 0 Å². The smallest absolute Gasteiger partial charge is 0.119 e. The van der Waals surface area contributed by atoms with Crippen molar-refractivity contribution in [1.82, 2.24) is 9.88 Å². The topological polar surface area (TPSA) is 28.3 Å². The summed E-state index contributed by atoms with van der Waals surface area (Å²) in [4.78, 5) is 6.46. The second-order valence-electron chi connectivity index (χ2n) is 10.1. The summed E-state index contributed by atoms with van der Waals surface area (Å²) in [5, 5.41) is 1.41. The van der Waals surface area contributed by atoms with E-state index in [4.69, 9.17) is 4.74 Å². The van der Waals surface area contributed by atoms with Crippen molar-refractivity contribution in [2.45, 2.75) is 38.1 Å². The zero-order valence-electron chi connectivity index (χ0n) is 19.6. The molecule has 1 saturated heterocycles. The number of likely N-dealkylation sites (tertiary alicyclic amines) is 1. The maximum Gasteiger partial charge on any atom is 0.119 e. The summed E-state index contributed by atoms with van der Waals surface area (Å²) < 4.78 is 5.63. The Hall–Kier alpha value is -3.04. The third-order valence-corrected chi connectivity index (χ3v) is 8.15. The van der Waals surface area contributed by atoms with Crippen molar-refractivity contribution < 1.29 is 4.74 Å². The maximum absolute atomic E-state index is 5.63. The first-order chi connectivity index (χ1) is 16.1. The molecule has 0 amide bonds. The molecule has 2 atom stereocenters. The van der Waals surface area contributed by atoms with Crippen LogP contribution >= 0.6 is 0 Å². The van der Waals surface area contributed by atoms with Crippen LogP contribution in [0.15, 0.2) is 72.8 Å². The van der Waals surface area contributed by atoms with E-state index >= 15 is 0 Å². The lowest BCUT2D eigenvalue weighted by atomic mass is 9.58. The van der Waals surface area contributed by atoms with E-state index in [9.17, 15) is 0 Å². The molecule has 33 heavy (non-hydrogen) atoms. The van der Waals surface area contributed by atoms with Gasteiger partial charge in [-0.2, -0.15) is 0 Å². The fourth-order valence-electron chi connectivity index (χ4n) is 6.34. The molecule has 1 fully saturated rings. The van der Waals surface area contributed by atoms with Gasteiger partial charge in [-0.15, -0.1) is 0 Å². The van der Waals surface area contributed by atoms with Crippen LogP contribution in [0.5, 0.6) is 5.75 Å². The molecule has 4 aromatic rings. The molecule has 3 nitrogen and oxygen atoms in total. The lowest BCUT2D eigenvalue weighted by Crippen LogP contribution is -2.53. The van der Waals surface area contributed by atoms with E-state index < -0.39 is 0 Å². The fraction of sp³-hybridized carbons (Fsp3) is 0.333. The number of aryl methyl sites for hydroxylation is 1. The van der Waals surface area contributed by atoms with E-state index in [1.165, 1.54) is 45.3 Å². The van der Waals surface area contributed by atoms with Crippen LogP contribution in [0.25, 0.3) is 10.9 Å². The largest absolute Gasteiger partial charge is 0.497 e. The van der Waals surface area contributed by atoms with Gasteiger partial charge in [-0.25, -0.2) is 0 Å². The number of para-hydroxylation sites is 1. The van der Waals surface area contributed by atoms with Gasteiger partial charge in [0.05, 0.1) is 7.11 Å². The number of hydrogen-bond acceptors (Lipinski definition) is 2. The number of fused-ring (bicyclic) bond motifs is 4. The molecule has 0 spiro atoms. The molecule has 6 rings (SSSR count). The SMILES string of the molecule is COc1cccc(C23CCN(Cc4ccc(C)cc4)CC2Cc2c([nH]c4ccccc24)C3)c1. The Bertz CT molecular complexity index is 1290. The van der Waals surface area contributed by atoms with E-state index in [1.807, 2.05) is 0 Å². The van der Waals surface area contributed by atoms with Gasteiger partial charge >= 0.3 is 0 Å². The number of methoxy groups -OCH3 is 1. The highest BCUT2D eigenvalue weighted by molar-refractivity contribution is 5.85. The van der Waals surface area contributed by atoms with Crippen LogP contribution in [0.1, 0.15) is 34.4 Å². The third kappa shape index (κ3) is 3.55. The van der Waals surface area contributed by atoms with Gasteiger partial charge in [-0.3, -0.25) is 4.90 Å². The summed E-state index contributed by atoms with van der Waals surface area (Å²) >= 11 is 0. The zero-order valence-corrected chi connectivity index (χ0v) is 19.6. The minimum atomic E-state index is 0.145. The number of ether oxygens (including phenoxy) is 1. The quantitative estimate of drug-likeness (QED) is 0.422. The number of rotatable bonds is 4. The summed E-state index contributed by atoms with van der Waals surface area (Å²) in [7, 11) is 1.77. The van der Waals surface area contributed by atoms with Crippen molar-refractivity contribution >= 4 is 10.9 Å². The van der Waals surface area contributed by atoms with Crippen molar-refractivity contribution in [2.24, 2.45) is 5.92 Å². The van der Waals surface area contributed by atoms with Gasteiger partial charge in [0.15, 0.2) is 0 Å². The highest BCUT2D eigenvalue weighted by atomic mass is 16.5. The Morgan fingerprint density at radius 3 is 2.73 bits per heavy atom. The summed E-state index contributed by atoms with van der Waals surface area (Å²) in [6.45, 7) is 5.45. The van der Waals surface area contributed by atoms with Crippen LogP contribution in [-0.2, 0) is 24.8 Å². The Labute approximate surface area is 196 Å². The predicted molar refractivity (Wildman–Crippen MR) is 135 cm³/mol. The van der Waals surface area contributed by atoms with Crippen LogP contribution in [0.4, 0.5) is 0 Å². The van der Waals surface area contributed by atoms with Crippen molar-refractivity contribution in [3.05, 3.63) is 101 Å². The van der Waals surface area contributed by atoms with E-state index in [-0.39, 0.29) is 5.41 Å². The molecule has 0 radical (unpaired) electrons. The average molecular weight is 437 g/mol. The Morgan fingerprint density at radius 2 is 1.88 bits per heavy atom. The first kappa shape index (κ1) is 20.6. The highest BCUT2D eigenvalue weighted by Crippen LogP contribution is 2.49. The molecule has 1 aromatic heterocycles. The Kier molecular flexibility index (Phi) is 5.03. The number of nitrogens with one attached hydrogen (secondary N) is 1. The van der Waals surface area contributed by atoms with Gasteiger partial charge < -0.3 is 9.72 Å². The average Bonchev–Trinajstić information content (AvgIpc) is 3.21. The van der Waals surface area contributed by atoms with Crippen molar-refractivity contribution in [1.29, 1.82) is 0 Å². The normalized spacial score (nSPS) is 22.7. The molecular weight excluding hydrogens is 404 g/mol. The molecule has 1 N–H and O–H groups in total. The van der Waals surface area contributed by atoms with Crippen LogP contribution in [0.2, 0.25) is 0 Å². The molecule has 1 aliphatic carbocycles. The molecule has 0 saturated carbocycles. The molecule has 2 unspecified atom stereocenters. The standard InChI is InChI=1S/C30H32N2O/c1-21-10-12-22(13-11-21)19-32-15-14-30(23-6-5-7-25(16-23)33-2)18-29-27(17-24(30)20-32)26-8-3-4-9-28(26)31-29/h3-13,16,24,31H,14-15,17-20H2,1-2H3. The van der Waals surface area contributed by atoms with E-state index in [1.54, 1.807) is 7.11 Å². The lowest BCUT2D eigenvalue weighted by molar-refractivity contribution is 0.0765. The monoisotopic (exact) mass is 436 g/mol. The van der Waals surface area contributed by atoms with Crippen molar-refractivity contribution in [3.8, 4) is 5.75 Å². The second kappa shape index (κ2) is 8.07. The number of piperidine rings is 1. The molecular formula is C30H32N2O. The van der Waals surface area contributed by atoms with Gasteiger partial charge in [0.1, 0.15) is 5.75 Å². The number of nitrogens with zero attached hydrogens (tertiary/aromatic N) is 1. The predicted octanol–water partition coefficient (Wildman–Crippen LogP) is 6.04. The molecule has 3 heteroatoms. The maximum atomic E-state index is 5.63. The molecule has 168 valence electrons. The lowest BCUT2D eigenvalue weighted by Gasteiger charge is -2.51. The van der Waals surface area contributed by atoms with Crippen LogP contribution in [-0.4, -0.2) is 30.1 Å².